The van der Waals surface area contributed by atoms with Crippen LogP contribution < -0.4 is 16.4 Å². The van der Waals surface area contributed by atoms with Gasteiger partial charge >= 0.3 is 0 Å². The highest BCUT2D eigenvalue weighted by Crippen LogP contribution is 2.39. The molecule has 4 N–H and O–H groups in total. The number of hydrogen-bond acceptors (Lipinski definition) is 5. The first-order chi connectivity index (χ1) is 12.0. The third-order valence-electron chi connectivity index (χ3n) is 4.64. The van der Waals surface area contributed by atoms with Crippen LogP contribution in [0.3, 0.4) is 0 Å². The Labute approximate surface area is 155 Å². The smallest absolute Gasteiger partial charge is 0.222 e. The lowest BCUT2D eigenvalue weighted by atomic mass is 10.0. The van der Waals surface area contributed by atoms with E-state index < -0.39 is 0 Å². The molecule has 1 atom stereocenters. The Kier molecular flexibility index (Phi) is 4.06. The molecule has 0 saturated carbocycles. The number of halogens is 2. The molecule has 128 valence electrons. The van der Waals surface area contributed by atoms with Gasteiger partial charge in [-0.15, -0.1) is 0 Å². The summed E-state index contributed by atoms with van der Waals surface area (Å²) in [6.07, 6.45) is 2.17. The summed E-state index contributed by atoms with van der Waals surface area (Å²) >= 11 is 12.3. The summed E-state index contributed by atoms with van der Waals surface area (Å²) in [5, 5.41) is 1.97. The number of fused-ring (bicyclic) bond motifs is 1. The number of aromatic nitrogens is 2. The third kappa shape index (κ3) is 2.94. The van der Waals surface area contributed by atoms with E-state index in [-0.39, 0.29) is 12.0 Å². The van der Waals surface area contributed by atoms with Gasteiger partial charge in [-0.3, -0.25) is 0 Å². The lowest BCUT2D eigenvalue weighted by Gasteiger charge is -2.27. The second kappa shape index (κ2) is 6.24. The minimum atomic E-state index is 0.188. The Morgan fingerprint density at radius 3 is 2.64 bits per heavy atom. The van der Waals surface area contributed by atoms with Gasteiger partial charge in [0.2, 0.25) is 5.95 Å². The Bertz CT molecular complexity index is 960. The summed E-state index contributed by atoms with van der Waals surface area (Å²) in [5.41, 5.74) is 14.7. The zero-order valence-electron chi connectivity index (χ0n) is 13.4. The molecular weight excluding hydrogens is 357 g/mol. The number of hydrogen-bond donors (Lipinski definition) is 2. The minimum Gasteiger partial charge on any atom is -0.383 e. The van der Waals surface area contributed by atoms with Gasteiger partial charge in [-0.05, 0) is 48.7 Å². The molecule has 1 aliphatic heterocycles. The standard InChI is InChI=1S/C18H17Cl2N5/c19-13-5-3-10(8-14(13)20)16-2-1-7-25(16)11-4-6-15-12(9-11)17(21)24-18(22)23-15/h3-6,8-9,16H,1-2,7H2,(H4,21,22,23,24). The van der Waals surface area contributed by atoms with Crippen molar-refractivity contribution >= 4 is 51.6 Å². The van der Waals surface area contributed by atoms with Gasteiger partial charge in [0.25, 0.3) is 0 Å². The fourth-order valence-corrected chi connectivity index (χ4v) is 3.79. The molecule has 1 aliphatic rings. The normalized spacial score (nSPS) is 17.4. The van der Waals surface area contributed by atoms with Gasteiger partial charge in [0.1, 0.15) is 5.82 Å². The third-order valence-corrected chi connectivity index (χ3v) is 5.38. The van der Waals surface area contributed by atoms with Crippen LogP contribution in [-0.4, -0.2) is 16.5 Å². The van der Waals surface area contributed by atoms with Gasteiger partial charge in [0.05, 0.1) is 21.6 Å². The van der Waals surface area contributed by atoms with Gasteiger partial charge in [0.15, 0.2) is 0 Å². The largest absolute Gasteiger partial charge is 0.383 e. The molecule has 25 heavy (non-hydrogen) atoms. The van der Waals surface area contributed by atoms with E-state index >= 15 is 0 Å². The molecule has 1 aromatic heterocycles. The Balaban J connectivity index is 1.75. The van der Waals surface area contributed by atoms with Crippen LogP contribution in [0.4, 0.5) is 17.5 Å². The van der Waals surface area contributed by atoms with Gasteiger partial charge < -0.3 is 16.4 Å². The van der Waals surface area contributed by atoms with Crippen LogP contribution >= 0.6 is 23.2 Å². The predicted octanol–water partition coefficient (Wildman–Crippen LogP) is 4.44. The molecular formula is C18H17Cl2N5. The molecule has 3 aromatic rings. The molecule has 1 unspecified atom stereocenters. The summed E-state index contributed by atoms with van der Waals surface area (Å²) in [6, 6.07) is 12.1. The highest BCUT2D eigenvalue weighted by Gasteiger charge is 2.27. The second-order valence-corrected chi connectivity index (χ2v) is 7.01. The van der Waals surface area contributed by atoms with Crippen LogP contribution in [0.2, 0.25) is 10.0 Å². The van der Waals surface area contributed by atoms with E-state index in [9.17, 15) is 0 Å². The molecule has 0 amide bonds. The molecule has 7 heteroatoms. The van der Waals surface area contributed by atoms with Crippen molar-refractivity contribution in [2.75, 3.05) is 22.9 Å². The van der Waals surface area contributed by atoms with Gasteiger partial charge in [-0.2, -0.15) is 4.98 Å². The van der Waals surface area contributed by atoms with E-state index in [0.29, 0.717) is 15.9 Å². The highest BCUT2D eigenvalue weighted by atomic mass is 35.5. The first-order valence-corrected chi connectivity index (χ1v) is 8.83. The predicted molar refractivity (Wildman–Crippen MR) is 104 cm³/mol. The molecule has 0 spiro atoms. The Morgan fingerprint density at radius 1 is 1.00 bits per heavy atom. The number of nitrogen functional groups attached to an aromatic ring is 2. The monoisotopic (exact) mass is 373 g/mol. The minimum absolute atomic E-state index is 0.188. The lowest BCUT2D eigenvalue weighted by molar-refractivity contribution is 0.720. The van der Waals surface area contributed by atoms with Crippen molar-refractivity contribution in [3.63, 3.8) is 0 Å². The topological polar surface area (TPSA) is 81.1 Å². The molecule has 1 saturated heterocycles. The summed E-state index contributed by atoms with van der Waals surface area (Å²) in [4.78, 5) is 10.7. The van der Waals surface area contributed by atoms with E-state index in [1.54, 1.807) is 0 Å². The van der Waals surface area contributed by atoms with Crippen LogP contribution in [0.1, 0.15) is 24.4 Å². The summed E-state index contributed by atoms with van der Waals surface area (Å²) in [7, 11) is 0. The Morgan fingerprint density at radius 2 is 1.84 bits per heavy atom. The van der Waals surface area contributed by atoms with Crippen LogP contribution in [0.25, 0.3) is 10.9 Å². The summed E-state index contributed by atoms with van der Waals surface area (Å²) in [6.45, 7) is 0.964. The van der Waals surface area contributed by atoms with Crippen LogP contribution in [0.5, 0.6) is 0 Å². The van der Waals surface area contributed by atoms with Crippen LogP contribution in [-0.2, 0) is 0 Å². The van der Waals surface area contributed by atoms with E-state index in [1.807, 2.05) is 36.4 Å². The average Bonchev–Trinajstić information content (AvgIpc) is 3.06. The molecule has 1 fully saturated rings. The maximum Gasteiger partial charge on any atom is 0.222 e. The van der Waals surface area contributed by atoms with Crippen molar-refractivity contribution in [3.8, 4) is 0 Å². The van der Waals surface area contributed by atoms with E-state index in [4.69, 9.17) is 34.7 Å². The number of rotatable bonds is 2. The SMILES string of the molecule is Nc1nc(N)c2cc(N3CCCC3c3ccc(Cl)c(Cl)c3)ccc2n1. The maximum absolute atomic E-state index is 6.20. The Hall–Kier alpha value is -2.24. The first kappa shape index (κ1) is 16.2. The van der Waals surface area contributed by atoms with Crippen molar-refractivity contribution in [1.82, 2.24) is 9.97 Å². The van der Waals surface area contributed by atoms with Crippen molar-refractivity contribution in [3.05, 3.63) is 52.0 Å². The quantitative estimate of drug-likeness (QED) is 0.693. The molecule has 2 heterocycles. The van der Waals surface area contributed by atoms with Crippen molar-refractivity contribution in [1.29, 1.82) is 0 Å². The molecule has 4 rings (SSSR count). The molecule has 0 bridgehead atoms. The maximum atomic E-state index is 6.20. The first-order valence-electron chi connectivity index (χ1n) is 8.07. The van der Waals surface area contributed by atoms with Crippen LogP contribution in [0, 0.1) is 0 Å². The van der Waals surface area contributed by atoms with Gasteiger partial charge in [-0.1, -0.05) is 29.3 Å². The number of anilines is 3. The zero-order valence-corrected chi connectivity index (χ0v) is 14.9. The molecule has 0 radical (unpaired) electrons. The van der Waals surface area contributed by atoms with Crippen molar-refractivity contribution < 1.29 is 0 Å². The van der Waals surface area contributed by atoms with E-state index in [2.05, 4.69) is 14.9 Å². The summed E-state index contributed by atoms with van der Waals surface area (Å²) < 4.78 is 0. The average molecular weight is 374 g/mol. The van der Waals surface area contributed by atoms with E-state index in [1.165, 1.54) is 0 Å². The molecule has 0 aliphatic carbocycles. The van der Waals surface area contributed by atoms with Gasteiger partial charge in [0, 0.05) is 17.6 Å². The van der Waals surface area contributed by atoms with E-state index in [0.717, 1.165) is 41.5 Å². The molecule has 5 nitrogen and oxygen atoms in total. The van der Waals surface area contributed by atoms with Crippen LogP contribution in [0.15, 0.2) is 36.4 Å². The summed E-state index contributed by atoms with van der Waals surface area (Å²) in [5.74, 6) is 0.585. The zero-order chi connectivity index (χ0) is 17.6. The second-order valence-electron chi connectivity index (χ2n) is 6.19. The van der Waals surface area contributed by atoms with Gasteiger partial charge in [-0.25, -0.2) is 4.98 Å². The van der Waals surface area contributed by atoms with Crippen molar-refractivity contribution in [2.45, 2.75) is 18.9 Å². The fourth-order valence-electron chi connectivity index (χ4n) is 3.48. The number of nitrogens with zero attached hydrogens (tertiary/aromatic N) is 3. The fraction of sp³-hybridized carbons (Fsp3) is 0.222. The van der Waals surface area contributed by atoms with Crippen molar-refractivity contribution in [2.24, 2.45) is 0 Å². The number of benzene rings is 2. The molecule has 2 aromatic carbocycles. The lowest BCUT2D eigenvalue weighted by Crippen LogP contribution is -2.22. The number of nitrogens with two attached hydrogens (primary N) is 2. The highest BCUT2D eigenvalue weighted by molar-refractivity contribution is 6.42.